The molecular formula is C20H18N4O4. The largest absolute Gasteiger partial charge is 0.378 e. The second kappa shape index (κ2) is 8.79. The van der Waals surface area contributed by atoms with Crippen LogP contribution in [0.5, 0.6) is 0 Å². The van der Waals surface area contributed by atoms with Gasteiger partial charge >= 0.3 is 0 Å². The maximum Gasteiger partial charge on any atom is 0.293 e. The Bertz CT molecular complexity index is 944. The minimum absolute atomic E-state index is 0.0728. The molecule has 3 rings (SSSR count). The van der Waals surface area contributed by atoms with Crippen molar-refractivity contribution < 1.29 is 14.5 Å². The van der Waals surface area contributed by atoms with E-state index in [2.05, 4.69) is 5.32 Å². The molecule has 2 aromatic rings. The molecule has 28 heavy (non-hydrogen) atoms. The van der Waals surface area contributed by atoms with Crippen LogP contribution >= 0.6 is 0 Å². The first-order valence-corrected chi connectivity index (χ1v) is 8.68. The third-order valence-electron chi connectivity index (χ3n) is 4.26. The molecule has 1 saturated heterocycles. The van der Waals surface area contributed by atoms with Crippen LogP contribution in [0.15, 0.2) is 54.1 Å². The zero-order chi connectivity index (χ0) is 19.9. The molecule has 142 valence electrons. The molecule has 0 bridgehead atoms. The summed E-state index contributed by atoms with van der Waals surface area (Å²) in [7, 11) is 0. The lowest BCUT2D eigenvalue weighted by atomic mass is 10.1. The topological polar surface area (TPSA) is 108 Å². The Balaban J connectivity index is 1.87. The number of hydrogen-bond donors (Lipinski definition) is 1. The molecule has 2 aromatic carbocycles. The molecule has 1 aliphatic rings. The van der Waals surface area contributed by atoms with E-state index in [0.717, 1.165) is 0 Å². The molecule has 8 heteroatoms. The molecule has 0 saturated carbocycles. The average molecular weight is 378 g/mol. The average Bonchev–Trinajstić information content (AvgIpc) is 2.73. The molecule has 1 N–H and O–H groups in total. The predicted octanol–water partition coefficient (Wildman–Crippen LogP) is 2.98. The van der Waals surface area contributed by atoms with Crippen LogP contribution in [0, 0.1) is 21.4 Å². The van der Waals surface area contributed by atoms with E-state index >= 15 is 0 Å². The third-order valence-corrected chi connectivity index (χ3v) is 4.26. The van der Waals surface area contributed by atoms with Gasteiger partial charge in [0.1, 0.15) is 17.3 Å². The number of nitriles is 1. The molecule has 0 radical (unpaired) electrons. The predicted molar refractivity (Wildman–Crippen MR) is 105 cm³/mol. The first-order chi connectivity index (χ1) is 13.6. The van der Waals surface area contributed by atoms with E-state index in [1.54, 1.807) is 36.4 Å². The number of morpholine rings is 1. The van der Waals surface area contributed by atoms with Crippen molar-refractivity contribution in [2.24, 2.45) is 0 Å². The first kappa shape index (κ1) is 19.1. The van der Waals surface area contributed by atoms with Crippen molar-refractivity contribution >= 4 is 29.0 Å². The van der Waals surface area contributed by atoms with E-state index in [1.165, 1.54) is 12.1 Å². The maximum absolute atomic E-state index is 12.3. The SMILES string of the molecule is N#CC(=Cc1ccc(N2CCOCC2)c([N+](=O)[O-])c1)C(=O)Nc1ccccc1. The molecular weight excluding hydrogens is 360 g/mol. The fraction of sp³-hybridized carbons (Fsp3) is 0.200. The molecule has 1 heterocycles. The van der Waals surface area contributed by atoms with Crippen molar-refractivity contribution in [1.29, 1.82) is 5.26 Å². The molecule has 1 fully saturated rings. The Labute approximate surface area is 161 Å². The highest BCUT2D eigenvalue weighted by molar-refractivity contribution is 6.09. The molecule has 1 amide bonds. The van der Waals surface area contributed by atoms with Gasteiger partial charge in [-0.25, -0.2) is 0 Å². The van der Waals surface area contributed by atoms with Gasteiger partial charge in [0.05, 0.1) is 18.1 Å². The zero-order valence-corrected chi connectivity index (χ0v) is 15.0. The van der Waals surface area contributed by atoms with Gasteiger partial charge in [-0.1, -0.05) is 24.3 Å². The Morgan fingerprint density at radius 2 is 1.93 bits per heavy atom. The molecule has 8 nitrogen and oxygen atoms in total. The number of hydrogen-bond acceptors (Lipinski definition) is 6. The zero-order valence-electron chi connectivity index (χ0n) is 15.0. The monoisotopic (exact) mass is 378 g/mol. The van der Waals surface area contributed by atoms with Crippen LogP contribution in [-0.2, 0) is 9.53 Å². The summed E-state index contributed by atoms with van der Waals surface area (Å²) in [6.07, 6.45) is 1.34. The number of nitrogens with zero attached hydrogens (tertiary/aromatic N) is 3. The Morgan fingerprint density at radius 3 is 2.57 bits per heavy atom. The van der Waals surface area contributed by atoms with Gasteiger partial charge in [-0.15, -0.1) is 0 Å². The summed E-state index contributed by atoms with van der Waals surface area (Å²) in [6, 6.07) is 15.3. The van der Waals surface area contributed by atoms with E-state index in [0.29, 0.717) is 43.2 Å². The lowest BCUT2D eigenvalue weighted by Crippen LogP contribution is -2.36. The van der Waals surface area contributed by atoms with Gasteiger partial charge in [-0.3, -0.25) is 14.9 Å². The van der Waals surface area contributed by atoms with E-state index in [1.807, 2.05) is 17.0 Å². The van der Waals surface area contributed by atoms with Crippen molar-refractivity contribution in [1.82, 2.24) is 0 Å². The second-order valence-corrected chi connectivity index (χ2v) is 6.09. The normalized spacial score (nSPS) is 14.2. The number of nitro groups is 1. The smallest absolute Gasteiger partial charge is 0.293 e. The standard InChI is InChI=1S/C20H18N4O4/c21-14-16(20(25)22-17-4-2-1-3-5-17)12-15-6-7-18(19(13-15)24(26)27)23-8-10-28-11-9-23/h1-7,12-13H,8-11H2,(H,22,25). The first-order valence-electron chi connectivity index (χ1n) is 8.68. The molecule has 0 aliphatic carbocycles. The lowest BCUT2D eigenvalue weighted by molar-refractivity contribution is -0.384. The van der Waals surface area contributed by atoms with E-state index in [-0.39, 0.29) is 11.3 Å². The van der Waals surface area contributed by atoms with E-state index in [9.17, 15) is 20.2 Å². The van der Waals surface area contributed by atoms with Crippen LogP contribution in [0.25, 0.3) is 6.08 Å². The summed E-state index contributed by atoms with van der Waals surface area (Å²) in [4.78, 5) is 25.3. The number of ether oxygens (including phenoxy) is 1. The van der Waals surface area contributed by atoms with Gasteiger partial charge < -0.3 is 15.0 Å². The van der Waals surface area contributed by atoms with Crippen LogP contribution in [0.2, 0.25) is 0 Å². The minimum atomic E-state index is -0.575. The molecule has 0 unspecified atom stereocenters. The van der Waals surface area contributed by atoms with E-state index in [4.69, 9.17) is 4.74 Å². The maximum atomic E-state index is 12.3. The van der Waals surface area contributed by atoms with Gasteiger partial charge in [0.25, 0.3) is 11.6 Å². The number of benzene rings is 2. The number of rotatable bonds is 5. The van der Waals surface area contributed by atoms with Gasteiger partial charge in [-0.05, 0) is 29.8 Å². The van der Waals surface area contributed by atoms with Crippen molar-refractivity contribution in [3.63, 3.8) is 0 Å². The highest BCUT2D eigenvalue weighted by Crippen LogP contribution is 2.30. The van der Waals surface area contributed by atoms with Crippen LogP contribution < -0.4 is 10.2 Å². The highest BCUT2D eigenvalue weighted by atomic mass is 16.6. The molecule has 0 spiro atoms. The van der Waals surface area contributed by atoms with Gasteiger partial charge in [0, 0.05) is 24.8 Å². The van der Waals surface area contributed by atoms with Gasteiger partial charge in [0.2, 0.25) is 0 Å². The number of anilines is 2. The quantitative estimate of drug-likeness (QED) is 0.371. The van der Waals surface area contributed by atoms with Crippen molar-refractivity contribution in [2.45, 2.75) is 0 Å². The molecule has 1 aliphatic heterocycles. The van der Waals surface area contributed by atoms with Crippen molar-refractivity contribution in [3.05, 3.63) is 69.8 Å². The van der Waals surface area contributed by atoms with Crippen molar-refractivity contribution in [3.8, 4) is 6.07 Å². The Hall–Kier alpha value is -3.70. The summed E-state index contributed by atoms with van der Waals surface area (Å²) in [5, 5.41) is 23.5. The second-order valence-electron chi connectivity index (χ2n) is 6.09. The van der Waals surface area contributed by atoms with Crippen LogP contribution in [-0.4, -0.2) is 37.1 Å². The van der Waals surface area contributed by atoms with Crippen LogP contribution in [0.3, 0.4) is 0 Å². The van der Waals surface area contributed by atoms with Crippen LogP contribution in [0.1, 0.15) is 5.56 Å². The number of nitro benzene ring substituents is 1. The summed E-state index contributed by atoms with van der Waals surface area (Å²) in [6.45, 7) is 2.16. The Morgan fingerprint density at radius 1 is 1.21 bits per heavy atom. The summed E-state index contributed by atoms with van der Waals surface area (Å²) < 4.78 is 5.29. The van der Waals surface area contributed by atoms with Gasteiger partial charge in [-0.2, -0.15) is 5.26 Å². The van der Waals surface area contributed by atoms with E-state index < -0.39 is 10.8 Å². The number of amides is 1. The lowest BCUT2D eigenvalue weighted by Gasteiger charge is -2.28. The summed E-state index contributed by atoms with van der Waals surface area (Å²) in [5.41, 5.74) is 1.25. The fourth-order valence-electron chi connectivity index (χ4n) is 2.88. The molecule has 0 atom stereocenters. The highest BCUT2D eigenvalue weighted by Gasteiger charge is 2.22. The third kappa shape index (κ3) is 4.52. The number of carbonyl (C=O) groups excluding carboxylic acids is 1. The summed E-state index contributed by atoms with van der Waals surface area (Å²) >= 11 is 0. The molecule has 0 aromatic heterocycles. The Kier molecular flexibility index (Phi) is 5.99. The minimum Gasteiger partial charge on any atom is -0.378 e. The number of carbonyl (C=O) groups is 1. The fourth-order valence-corrected chi connectivity index (χ4v) is 2.88. The van der Waals surface area contributed by atoms with Gasteiger partial charge in [0.15, 0.2) is 0 Å². The van der Waals surface area contributed by atoms with Crippen LogP contribution in [0.4, 0.5) is 17.1 Å². The number of para-hydroxylation sites is 1. The van der Waals surface area contributed by atoms with Crippen molar-refractivity contribution in [2.75, 3.05) is 36.5 Å². The number of nitrogens with one attached hydrogen (secondary N) is 1. The summed E-state index contributed by atoms with van der Waals surface area (Å²) in [5.74, 6) is -0.575.